The van der Waals surface area contributed by atoms with Gasteiger partial charge < -0.3 is 20.3 Å². The van der Waals surface area contributed by atoms with Crippen molar-refractivity contribution < 1.29 is 19.7 Å². The lowest BCUT2D eigenvalue weighted by molar-refractivity contribution is 0.102. The number of ether oxygens (including phenoxy) is 1. The topological polar surface area (TPSA) is 78.8 Å². The first-order valence-corrected chi connectivity index (χ1v) is 6.47. The standard InChI is InChI=1S/C14H12BrNO4/c1-20-13-5-2-8(6-11(13)15)16-14(19)10-7-9(17)3-4-12(10)18/h2-7,17-18H,1H3,(H,16,19). The molecule has 0 aliphatic rings. The molecule has 2 aromatic carbocycles. The fourth-order valence-electron chi connectivity index (χ4n) is 1.65. The molecule has 0 saturated carbocycles. The predicted molar refractivity (Wildman–Crippen MR) is 78.4 cm³/mol. The number of nitrogens with one attached hydrogen (secondary N) is 1. The van der Waals surface area contributed by atoms with Crippen LogP contribution in [0.1, 0.15) is 10.4 Å². The van der Waals surface area contributed by atoms with Crippen LogP contribution in [-0.2, 0) is 0 Å². The number of anilines is 1. The molecule has 0 heterocycles. The van der Waals surface area contributed by atoms with Crippen LogP contribution in [0, 0.1) is 0 Å². The van der Waals surface area contributed by atoms with E-state index in [1.807, 2.05) is 0 Å². The number of hydrogen-bond donors (Lipinski definition) is 3. The lowest BCUT2D eigenvalue weighted by atomic mass is 10.1. The Kier molecular flexibility index (Phi) is 4.14. The molecule has 3 N–H and O–H groups in total. The molecule has 5 nitrogen and oxygen atoms in total. The number of carbonyl (C=O) groups excluding carboxylic acids is 1. The van der Waals surface area contributed by atoms with Crippen molar-refractivity contribution in [3.63, 3.8) is 0 Å². The van der Waals surface area contributed by atoms with Crippen molar-refractivity contribution in [3.05, 3.63) is 46.4 Å². The molecule has 0 spiro atoms. The summed E-state index contributed by atoms with van der Waals surface area (Å²) in [6, 6.07) is 8.80. The predicted octanol–water partition coefficient (Wildman–Crippen LogP) is 3.12. The van der Waals surface area contributed by atoms with Crippen LogP contribution in [-0.4, -0.2) is 23.2 Å². The van der Waals surface area contributed by atoms with Crippen LogP contribution < -0.4 is 10.1 Å². The number of phenols is 2. The van der Waals surface area contributed by atoms with Gasteiger partial charge in [0, 0.05) is 5.69 Å². The van der Waals surface area contributed by atoms with E-state index in [1.165, 1.54) is 18.2 Å². The van der Waals surface area contributed by atoms with Crippen molar-refractivity contribution in [3.8, 4) is 17.2 Å². The minimum Gasteiger partial charge on any atom is -0.508 e. The molecule has 20 heavy (non-hydrogen) atoms. The minimum absolute atomic E-state index is 0.00283. The summed E-state index contributed by atoms with van der Waals surface area (Å²) >= 11 is 3.31. The van der Waals surface area contributed by atoms with E-state index in [1.54, 1.807) is 25.3 Å². The van der Waals surface area contributed by atoms with E-state index in [2.05, 4.69) is 21.2 Å². The van der Waals surface area contributed by atoms with Gasteiger partial charge in [-0.05, 0) is 52.3 Å². The highest BCUT2D eigenvalue weighted by Crippen LogP contribution is 2.29. The zero-order chi connectivity index (χ0) is 14.7. The maximum atomic E-state index is 12.0. The van der Waals surface area contributed by atoms with Gasteiger partial charge in [0.1, 0.15) is 17.2 Å². The normalized spacial score (nSPS) is 10.1. The number of phenolic OH excluding ortho intramolecular Hbond substituents is 2. The average molecular weight is 338 g/mol. The molecule has 6 heteroatoms. The molecule has 0 aliphatic heterocycles. The van der Waals surface area contributed by atoms with Gasteiger partial charge in [-0.3, -0.25) is 4.79 Å². The van der Waals surface area contributed by atoms with Gasteiger partial charge in [-0.25, -0.2) is 0 Å². The van der Waals surface area contributed by atoms with Crippen molar-refractivity contribution in [1.29, 1.82) is 0 Å². The molecule has 2 aromatic rings. The molecule has 0 radical (unpaired) electrons. The van der Waals surface area contributed by atoms with Crippen LogP contribution in [0.5, 0.6) is 17.2 Å². The molecular formula is C14H12BrNO4. The van der Waals surface area contributed by atoms with Crippen LogP contribution in [0.4, 0.5) is 5.69 Å². The summed E-state index contributed by atoms with van der Waals surface area (Å²) in [5, 5.41) is 21.6. The van der Waals surface area contributed by atoms with Gasteiger partial charge in [-0.1, -0.05) is 0 Å². The quantitative estimate of drug-likeness (QED) is 0.752. The van der Waals surface area contributed by atoms with Crippen molar-refractivity contribution in [1.82, 2.24) is 0 Å². The number of halogens is 1. The highest BCUT2D eigenvalue weighted by atomic mass is 79.9. The Morgan fingerprint density at radius 2 is 1.95 bits per heavy atom. The highest BCUT2D eigenvalue weighted by molar-refractivity contribution is 9.10. The Balaban J connectivity index is 2.23. The largest absolute Gasteiger partial charge is 0.508 e. The van der Waals surface area contributed by atoms with Crippen LogP contribution >= 0.6 is 15.9 Å². The molecule has 0 unspecified atom stereocenters. The zero-order valence-electron chi connectivity index (χ0n) is 10.6. The second kappa shape index (κ2) is 5.83. The molecule has 1 amide bonds. The Bertz CT molecular complexity index is 658. The van der Waals surface area contributed by atoms with Crippen LogP contribution in [0.3, 0.4) is 0 Å². The second-order valence-corrected chi connectivity index (χ2v) is 4.86. The molecule has 2 rings (SSSR count). The third kappa shape index (κ3) is 3.03. The third-order valence-corrected chi connectivity index (χ3v) is 3.25. The van der Waals surface area contributed by atoms with E-state index in [0.29, 0.717) is 15.9 Å². The first-order valence-electron chi connectivity index (χ1n) is 5.68. The second-order valence-electron chi connectivity index (χ2n) is 4.00. The van der Waals surface area contributed by atoms with Crippen molar-refractivity contribution in [2.75, 3.05) is 12.4 Å². The lowest BCUT2D eigenvalue weighted by Crippen LogP contribution is -2.12. The fraction of sp³-hybridized carbons (Fsp3) is 0.0714. The molecule has 0 fully saturated rings. The van der Waals surface area contributed by atoms with Gasteiger partial charge in [-0.2, -0.15) is 0 Å². The van der Waals surface area contributed by atoms with E-state index in [0.717, 1.165) is 0 Å². The number of amides is 1. The van der Waals surface area contributed by atoms with E-state index in [-0.39, 0.29) is 17.1 Å². The maximum Gasteiger partial charge on any atom is 0.259 e. The van der Waals surface area contributed by atoms with E-state index < -0.39 is 5.91 Å². The smallest absolute Gasteiger partial charge is 0.259 e. The van der Waals surface area contributed by atoms with Crippen molar-refractivity contribution in [2.24, 2.45) is 0 Å². The Morgan fingerprint density at radius 1 is 1.20 bits per heavy atom. The number of rotatable bonds is 3. The fourth-order valence-corrected chi connectivity index (χ4v) is 2.19. The summed E-state index contributed by atoms with van der Waals surface area (Å²) in [6.45, 7) is 0. The summed E-state index contributed by atoms with van der Waals surface area (Å²) < 4.78 is 5.78. The van der Waals surface area contributed by atoms with Gasteiger partial charge in [-0.15, -0.1) is 0 Å². The number of benzene rings is 2. The minimum atomic E-state index is -0.518. The first kappa shape index (κ1) is 14.2. The van der Waals surface area contributed by atoms with Gasteiger partial charge in [0.15, 0.2) is 0 Å². The monoisotopic (exact) mass is 337 g/mol. The maximum absolute atomic E-state index is 12.0. The summed E-state index contributed by atoms with van der Waals surface area (Å²) in [4.78, 5) is 12.0. The van der Waals surface area contributed by atoms with E-state index >= 15 is 0 Å². The van der Waals surface area contributed by atoms with Gasteiger partial charge in [0.25, 0.3) is 5.91 Å². The number of aromatic hydroxyl groups is 2. The Labute approximate surface area is 123 Å². The molecule has 0 saturated heterocycles. The summed E-state index contributed by atoms with van der Waals surface area (Å²) in [5.74, 6) is -0.171. The summed E-state index contributed by atoms with van der Waals surface area (Å²) in [7, 11) is 1.54. The van der Waals surface area contributed by atoms with Crippen LogP contribution in [0.15, 0.2) is 40.9 Å². The number of carbonyl (C=O) groups is 1. The van der Waals surface area contributed by atoms with Crippen LogP contribution in [0.2, 0.25) is 0 Å². The highest BCUT2D eigenvalue weighted by Gasteiger charge is 2.13. The van der Waals surface area contributed by atoms with Gasteiger partial charge >= 0.3 is 0 Å². The summed E-state index contributed by atoms with van der Waals surface area (Å²) in [6.07, 6.45) is 0. The molecule has 104 valence electrons. The van der Waals surface area contributed by atoms with E-state index in [9.17, 15) is 15.0 Å². The Hall–Kier alpha value is -2.21. The van der Waals surface area contributed by atoms with Gasteiger partial charge in [0.05, 0.1) is 17.1 Å². The third-order valence-electron chi connectivity index (χ3n) is 2.63. The average Bonchev–Trinajstić information content (AvgIpc) is 2.41. The number of methoxy groups -OCH3 is 1. The molecular weight excluding hydrogens is 326 g/mol. The van der Waals surface area contributed by atoms with Crippen molar-refractivity contribution in [2.45, 2.75) is 0 Å². The first-order chi connectivity index (χ1) is 9.51. The molecule has 0 atom stereocenters. The Morgan fingerprint density at radius 3 is 2.60 bits per heavy atom. The molecule has 0 bridgehead atoms. The summed E-state index contributed by atoms with van der Waals surface area (Å²) in [5.41, 5.74) is 0.530. The van der Waals surface area contributed by atoms with Crippen molar-refractivity contribution >= 4 is 27.5 Å². The van der Waals surface area contributed by atoms with Gasteiger partial charge in [0.2, 0.25) is 0 Å². The lowest BCUT2D eigenvalue weighted by Gasteiger charge is -2.09. The molecule has 0 aromatic heterocycles. The zero-order valence-corrected chi connectivity index (χ0v) is 12.1. The number of hydrogen-bond acceptors (Lipinski definition) is 4. The van der Waals surface area contributed by atoms with E-state index in [4.69, 9.17) is 4.74 Å². The SMILES string of the molecule is COc1ccc(NC(=O)c2cc(O)ccc2O)cc1Br. The van der Waals surface area contributed by atoms with Crippen LogP contribution in [0.25, 0.3) is 0 Å². The molecule has 0 aliphatic carbocycles.